The molecular formula is C18H14N2O. The van der Waals surface area contributed by atoms with Gasteiger partial charge in [0.2, 0.25) is 0 Å². The minimum absolute atomic E-state index is 0.577. The Hall–Kier alpha value is -2.81. The highest BCUT2D eigenvalue weighted by molar-refractivity contribution is 6.06. The van der Waals surface area contributed by atoms with E-state index in [4.69, 9.17) is 10.2 Å². The lowest BCUT2D eigenvalue weighted by Crippen LogP contribution is -1.93. The number of aryl methyl sites for hydroxylation is 1. The number of fused-ring (bicyclic) bond motifs is 3. The average Bonchev–Trinajstić information content (AvgIpc) is 2.88. The molecule has 2 aromatic carbocycles. The van der Waals surface area contributed by atoms with Crippen molar-refractivity contribution in [2.75, 3.05) is 5.73 Å². The van der Waals surface area contributed by atoms with Crippen LogP contribution in [0.1, 0.15) is 5.56 Å². The smallest absolute Gasteiger partial charge is 0.135 e. The summed E-state index contributed by atoms with van der Waals surface area (Å²) in [6.07, 6.45) is 1.81. The monoisotopic (exact) mass is 274 g/mol. The van der Waals surface area contributed by atoms with E-state index in [1.54, 1.807) is 0 Å². The number of benzene rings is 2. The van der Waals surface area contributed by atoms with Gasteiger partial charge in [0.05, 0.1) is 0 Å². The first-order valence-electron chi connectivity index (χ1n) is 6.86. The van der Waals surface area contributed by atoms with Crippen LogP contribution in [-0.4, -0.2) is 4.98 Å². The lowest BCUT2D eigenvalue weighted by atomic mass is 10.0. The van der Waals surface area contributed by atoms with Crippen LogP contribution in [0.5, 0.6) is 0 Å². The Morgan fingerprint density at radius 1 is 0.905 bits per heavy atom. The molecule has 0 amide bonds. The Bertz CT molecular complexity index is 969. The predicted molar refractivity (Wildman–Crippen MR) is 86.1 cm³/mol. The van der Waals surface area contributed by atoms with Crippen molar-refractivity contribution in [3.05, 3.63) is 60.3 Å². The summed E-state index contributed by atoms with van der Waals surface area (Å²) in [6, 6.07) is 16.4. The molecule has 0 bridgehead atoms. The molecule has 0 saturated heterocycles. The van der Waals surface area contributed by atoms with Gasteiger partial charge in [0, 0.05) is 22.5 Å². The molecule has 4 rings (SSSR count). The van der Waals surface area contributed by atoms with Gasteiger partial charge in [-0.25, -0.2) is 4.98 Å². The molecule has 0 radical (unpaired) electrons. The highest BCUT2D eigenvalue weighted by atomic mass is 16.3. The van der Waals surface area contributed by atoms with E-state index in [0.29, 0.717) is 5.82 Å². The second kappa shape index (κ2) is 4.35. The Morgan fingerprint density at radius 2 is 1.71 bits per heavy atom. The van der Waals surface area contributed by atoms with Crippen LogP contribution in [0.4, 0.5) is 5.82 Å². The van der Waals surface area contributed by atoms with Gasteiger partial charge in [-0.3, -0.25) is 0 Å². The maximum absolute atomic E-state index is 5.85. The van der Waals surface area contributed by atoms with E-state index in [0.717, 1.165) is 38.6 Å². The van der Waals surface area contributed by atoms with E-state index < -0.39 is 0 Å². The summed E-state index contributed by atoms with van der Waals surface area (Å²) in [4.78, 5) is 4.24. The van der Waals surface area contributed by atoms with Gasteiger partial charge in [-0.2, -0.15) is 0 Å². The third-order valence-corrected chi connectivity index (χ3v) is 3.83. The second-order valence-corrected chi connectivity index (χ2v) is 5.24. The number of hydrogen-bond acceptors (Lipinski definition) is 3. The van der Waals surface area contributed by atoms with E-state index in [2.05, 4.69) is 29.2 Å². The molecule has 3 heteroatoms. The first-order chi connectivity index (χ1) is 10.2. The number of nitrogen functional groups attached to an aromatic ring is 1. The summed E-state index contributed by atoms with van der Waals surface area (Å²) in [6.45, 7) is 1.97. The number of furan rings is 1. The number of anilines is 1. The van der Waals surface area contributed by atoms with Crippen molar-refractivity contribution in [1.29, 1.82) is 0 Å². The molecule has 0 aliphatic carbocycles. The quantitative estimate of drug-likeness (QED) is 0.554. The fourth-order valence-electron chi connectivity index (χ4n) is 2.65. The minimum Gasteiger partial charge on any atom is -0.456 e. The molecule has 2 heterocycles. The molecule has 0 unspecified atom stereocenters. The molecule has 0 atom stereocenters. The number of nitrogens with two attached hydrogens (primary N) is 1. The number of hydrogen-bond donors (Lipinski definition) is 1. The summed E-state index contributed by atoms with van der Waals surface area (Å²) >= 11 is 0. The van der Waals surface area contributed by atoms with Gasteiger partial charge in [-0.15, -0.1) is 0 Å². The van der Waals surface area contributed by atoms with Crippen molar-refractivity contribution in [3.8, 4) is 11.1 Å². The molecule has 2 N–H and O–H groups in total. The molecule has 21 heavy (non-hydrogen) atoms. The summed E-state index contributed by atoms with van der Waals surface area (Å²) < 4.78 is 5.85. The normalized spacial score (nSPS) is 11.3. The Morgan fingerprint density at radius 3 is 2.57 bits per heavy atom. The van der Waals surface area contributed by atoms with Crippen molar-refractivity contribution in [2.45, 2.75) is 6.92 Å². The Kier molecular flexibility index (Phi) is 2.48. The topological polar surface area (TPSA) is 52.0 Å². The van der Waals surface area contributed by atoms with Gasteiger partial charge in [-0.05, 0) is 42.3 Å². The summed E-state index contributed by atoms with van der Waals surface area (Å²) in [5.74, 6) is 0.577. The zero-order chi connectivity index (χ0) is 14.4. The Labute approximate surface area is 122 Å². The number of nitrogens with zero attached hydrogens (tertiary/aromatic N) is 1. The number of rotatable bonds is 1. The zero-order valence-corrected chi connectivity index (χ0v) is 11.6. The largest absolute Gasteiger partial charge is 0.456 e. The van der Waals surface area contributed by atoms with Crippen LogP contribution in [0, 0.1) is 6.92 Å². The van der Waals surface area contributed by atoms with Crippen LogP contribution in [0.2, 0.25) is 0 Å². The summed E-state index contributed by atoms with van der Waals surface area (Å²) in [7, 11) is 0. The number of para-hydroxylation sites is 1. The molecule has 3 nitrogen and oxygen atoms in total. The molecule has 2 aromatic heterocycles. The molecule has 0 spiro atoms. The molecule has 4 aromatic rings. The zero-order valence-electron chi connectivity index (χ0n) is 11.6. The molecular weight excluding hydrogens is 260 g/mol. The fourth-order valence-corrected chi connectivity index (χ4v) is 2.65. The predicted octanol–water partition coefficient (Wildman–Crippen LogP) is 4.54. The van der Waals surface area contributed by atoms with Crippen molar-refractivity contribution < 1.29 is 4.42 Å². The van der Waals surface area contributed by atoms with E-state index in [9.17, 15) is 0 Å². The van der Waals surface area contributed by atoms with Crippen LogP contribution in [0.3, 0.4) is 0 Å². The highest BCUT2D eigenvalue weighted by Gasteiger charge is 2.08. The number of aromatic nitrogens is 1. The molecule has 102 valence electrons. The lowest BCUT2D eigenvalue weighted by molar-refractivity contribution is 0.669. The molecule has 0 fully saturated rings. The molecule has 0 saturated carbocycles. The van der Waals surface area contributed by atoms with Gasteiger partial charge < -0.3 is 10.2 Å². The van der Waals surface area contributed by atoms with E-state index in [1.807, 2.05) is 37.4 Å². The van der Waals surface area contributed by atoms with Crippen molar-refractivity contribution in [1.82, 2.24) is 4.98 Å². The SMILES string of the molecule is Cc1cc(-c2ccc3oc4ccccc4c3c2)cnc1N. The van der Waals surface area contributed by atoms with Crippen LogP contribution in [0.25, 0.3) is 33.1 Å². The second-order valence-electron chi connectivity index (χ2n) is 5.24. The van der Waals surface area contributed by atoms with E-state index >= 15 is 0 Å². The maximum atomic E-state index is 5.85. The van der Waals surface area contributed by atoms with Gasteiger partial charge in [-0.1, -0.05) is 24.3 Å². The maximum Gasteiger partial charge on any atom is 0.135 e. The minimum atomic E-state index is 0.577. The fraction of sp³-hybridized carbons (Fsp3) is 0.0556. The third-order valence-electron chi connectivity index (χ3n) is 3.83. The lowest BCUT2D eigenvalue weighted by Gasteiger charge is -2.04. The van der Waals surface area contributed by atoms with Crippen molar-refractivity contribution in [3.63, 3.8) is 0 Å². The van der Waals surface area contributed by atoms with E-state index in [1.165, 1.54) is 0 Å². The first kappa shape index (κ1) is 12.0. The number of pyridine rings is 1. The average molecular weight is 274 g/mol. The molecule has 0 aliphatic heterocycles. The first-order valence-corrected chi connectivity index (χ1v) is 6.86. The van der Waals surface area contributed by atoms with Gasteiger partial charge >= 0.3 is 0 Å². The van der Waals surface area contributed by atoms with Gasteiger partial charge in [0.1, 0.15) is 17.0 Å². The van der Waals surface area contributed by atoms with Gasteiger partial charge in [0.25, 0.3) is 0 Å². The van der Waals surface area contributed by atoms with Crippen LogP contribution < -0.4 is 5.73 Å². The summed E-state index contributed by atoms with van der Waals surface area (Å²) in [5, 5.41) is 2.26. The van der Waals surface area contributed by atoms with Crippen LogP contribution in [0.15, 0.2) is 59.1 Å². The van der Waals surface area contributed by atoms with Crippen molar-refractivity contribution in [2.24, 2.45) is 0 Å². The van der Waals surface area contributed by atoms with Crippen molar-refractivity contribution >= 4 is 27.8 Å². The van der Waals surface area contributed by atoms with Crippen LogP contribution in [-0.2, 0) is 0 Å². The Balaban J connectivity index is 1.97. The highest BCUT2D eigenvalue weighted by Crippen LogP contribution is 2.32. The molecule has 0 aliphatic rings. The van der Waals surface area contributed by atoms with Crippen LogP contribution >= 0.6 is 0 Å². The van der Waals surface area contributed by atoms with E-state index in [-0.39, 0.29) is 0 Å². The third kappa shape index (κ3) is 1.86. The summed E-state index contributed by atoms with van der Waals surface area (Å²) in [5.41, 5.74) is 10.8. The van der Waals surface area contributed by atoms with Gasteiger partial charge in [0.15, 0.2) is 0 Å². The standard InChI is InChI=1S/C18H14N2O/c1-11-8-13(10-20-18(11)19)12-6-7-17-15(9-12)14-4-2-3-5-16(14)21-17/h2-10H,1H3,(H2,19,20).